The van der Waals surface area contributed by atoms with Crippen LogP contribution in [0.4, 0.5) is 0 Å². The molecule has 0 bridgehead atoms. The predicted molar refractivity (Wildman–Crippen MR) is 73.6 cm³/mol. The monoisotopic (exact) mass is 276 g/mol. The third-order valence-electron chi connectivity index (χ3n) is 4.01. The van der Waals surface area contributed by atoms with Crippen LogP contribution >= 0.6 is 0 Å². The lowest BCUT2D eigenvalue weighted by Crippen LogP contribution is -2.42. The van der Waals surface area contributed by atoms with E-state index >= 15 is 0 Å². The number of carbonyl (C=O) groups is 1. The van der Waals surface area contributed by atoms with Crippen molar-refractivity contribution < 1.29 is 14.6 Å². The summed E-state index contributed by atoms with van der Waals surface area (Å²) in [5, 5.41) is 9.66. The summed E-state index contributed by atoms with van der Waals surface area (Å²) < 4.78 is 5.72. The van der Waals surface area contributed by atoms with Gasteiger partial charge in [-0.1, -0.05) is 0 Å². The zero-order valence-electron chi connectivity index (χ0n) is 11.5. The Morgan fingerprint density at radius 2 is 2.20 bits per heavy atom. The Hall–Kier alpha value is -1.62. The molecule has 1 saturated heterocycles. The first-order chi connectivity index (χ1) is 9.72. The zero-order chi connectivity index (χ0) is 13.9. The number of piperidine rings is 1. The van der Waals surface area contributed by atoms with Crippen molar-refractivity contribution in [2.24, 2.45) is 0 Å². The minimum absolute atomic E-state index is 0.0513. The van der Waals surface area contributed by atoms with E-state index in [0.717, 1.165) is 25.7 Å². The molecule has 2 fully saturated rings. The van der Waals surface area contributed by atoms with Crippen LogP contribution < -0.4 is 4.74 Å². The average Bonchev–Trinajstić information content (AvgIpc) is 2.42. The van der Waals surface area contributed by atoms with E-state index in [1.807, 2.05) is 0 Å². The van der Waals surface area contributed by atoms with Crippen LogP contribution in [0, 0.1) is 0 Å². The minimum Gasteiger partial charge on any atom is -0.474 e. The van der Waals surface area contributed by atoms with Crippen molar-refractivity contribution in [3.63, 3.8) is 0 Å². The molecule has 20 heavy (non-hydrogen) atoms. The van der Waals surface area contributed by atoms with E-state index < -0.39 is 6.10 Å². The van der Waals surface area contributed by atoms with Crippen molar-refractivity contribution in [3.05, 3.63) is 23.9 Å². The van der Waals surface area contributed by atoms with E-state index in [-0.39, 0.29) is 12.0 Å². The summed E-state index contributed by atoms with van der Waals surface area (Å²) in [5.74, 6) is 0.475. The maximum atomic E-state index is 12.4. The highest BCUT2D eigenvalue weighted by Gasteiger charge is 2.24. The molecular formula is C15H20N2O3. The van der Waals surface area contributed by atoms with Gasteiger partial charge in [0.1, 0.15) is 6.10 Å². The molecule has 0 radical (unpaired) electrons. The topological polar surface area (TPSA) is 62.7 Å². The maximum Gasteiger partial charge on any atom is 0.254 e. The fourth-order valence-corrected chi connectivity index (χ4v) is 2.59. The molecule has 3 rings (SSSR count). The molecule has 1 aromatic rings. The van der Waals surface area contributed by atoms with E-state index in [2.05, 4.69) is 4.98 Å². The summed E-state index contributed by atoms with van der Waals surface area (Å²) >= 11 is 0. The summed E-state index contributed by atoms with van der Waals surface area (Å²) in [6.07, 6.45) is 6.43. The fraction of sp³-hybridized carbons (Fsp3) is 0.600. The van der Waals surface area contributed by atoms with Crippen molar-refractivity contribution in [1.29, 1.82) is 0 Å². The van der Waals surface area contributed by atoms with Gasteiger partial charge >= 0.3 is 0 Å². The van der Waals surface area contributed by atoms with Crippen molar-refractivity contribution in [1.82, 2.24) is 9.88 Å². The Morgan fingerprint density at radius 3 is 2.90 bits per heavy atom. The van der Waals surface area contributed by atoms with Crippen LogP contribution in [0.1, 0.15) is 42.5 Å². The molecule has 0 aromatic carbocycles. The Balaban J connectivity index is 1.68. The molecule has 1 unspecified atom stereocenters. The first-order valence-electron chi connectivity index (χ1n) is 7.32. The number of aliphatic hydroxyl groups excluding tert-OH is 1. The highest BCUT2D eigenvalue weighted by Crippen LogP contribution is 2.24. The lowest BCUT2D eigenvalue weighted by Gasteiger charge is -2.30. The van der Waals surface area contributed by atoms with Crippen molar-refractivity contribution in [2.75, 3.05) is 13.1 Å². The molecule has 1 aliphatic heterocycles. The van der Waals surface area contributed by atoms with Crippen LogP contribution in [-0.2, 0) is 0 Å². The summed E-state index contributed by atoms with van der Waals surface area (Å²) in [7, 11) is 0. The summed E-state index contributed by atoms with van der Waals surface area (Å²) in [5.41, 5.74) is 0.587. The highest BCUT2D eigenvalue weighted by molar-refractivity contribution is 5.94. The van der Waals surface area contributed by atoms with E-state index in [4.69, 9.17) is 4.74 Å². The standard InChI is InChI=1S/C15H20N2O3/c18-12-3-2-8-17(10-12)15(19)11-6-7-16-14(9-11)20-13-4-1-5-13/h6-7,9,12-13,18H,1-5,8,10H2. The van der Waals surface area contributed by atoms with Crippen LogP contribution in [-0.4, -0.2) is 46.2 Å². The van der Waals surface area contributed by atoms with Crippen LogP contribution in [0.25, 0.3) is 0 Å². The van der Waals surface area contributed by atoms with Gasteiger partial charge in [0.2, 0.25) is 5.88 Å². The predicted octanol–water partition coefficient (Wildman–Crippen LogP) is 1.61. The smallest absolute Gasteiger partial charge is 0.254 e. The molecule has 2 aliphatic rings. The molecular weight excluding hydrogens is 256 g/mol. The number of aromatic nitrogens is 1. The zero-order valence-corrected chi connectivity index (χ0v) is 11.5. The van der Waals surface area contributed by atoms with Gasteiger partial charge in [-0.3, -0.25) is 4.79 Å². The molecule has 1 atom stereocenters. The normalized spacial score (nSPS) is 23.2. The number of aliphatic hydroxyl groups is 1. The number of carbonyl (C=O) groups excluding carboxylic acids is 1. The van der Waals surface area contributed by atoms with Gasteiger partial charge in [0, 0.05) is 30.9 Å². The van der Waals surface area contributed by atoms with Gasteiger partial charge in [-0.25, -0.2) is 4.98 Å². The first-order valence-corrected chi connectivity index (χ1v) is 7.32. The molecule has 1 aliphatic carbocycles. The lowest BCUT2D eigenvalue weighted by atomic mass is 9.96. The number of nitrogens with zero attached hydrogens (tertiary/aromatic N) is 2. The van der Waals surface area contributed by atoms with Gasteiger partial charge in [-0.2, -0.15) is 0 Å². The largest absolute Gasteiger partial charge is 0.474 e. The maximum absolute atomic E-state index is 12.4. The van der Waals surface area contributed by atoms with Crippen LogP contribution in [0.5, 0.6) is 5.88 Å². The van der Waals surface area contributed by atoms with E-state index in [1.54, 1.807) is 23.2 Å². The Morgan fingerprint density at radius 1 is 1.35 bits per heavy atom. The summed E-state index contributed by atoms with van der Waals surface area (Å²) in [6.45, 7) is 1.12. The average molecular weight is 276 g/mol. The first kappa shape index (κ1) is 13.4. The molecule has 2 heterocycles. The molecule has 1 saturated carbocycles. The van der Waals surface area contributed by atoms with Gasteiger partial charge in [-0.15, -0.1) is 0 Å². The van der Waals surface area contributed by atoms with Crippen LogP contribution in [0.3, 0.4) is 0 Å². The second-order valence-electron chi connectivity index (χ2n) is 5.60. The number of rotatable bonds is 3. The third kappa shape index (κ3) is 2.93. The van der Waals surface area contributed by atoms with Gasteiger partial charge < -0.3 is 14.7 Å². The molecule has 1 N–H and O–H groups in total. The molecule has 108 valence electrons. The minimum atomic E-state index is -0.403. The number of hydrogen-bond donors (Lipinski definition) is 1. The van der Waals surface area contributed by atoms with Gasteiger partial charge in [0.25, 0.3) is 5.91 Å². The van der Waals surface area contributed by atoms with Crippen molar-refractivity contribution in [3.8, 4) is 5.88 Å². The third-order valence-corrected chi connectivity index (χ3v) is 4.01. The Kier molecular flexibility index (Phi) is 3.87. The number of pyridine rings is 1. The molecule has 1 aromatic heterocycles. The summed E-state index contributed by atoms with van der Waals surface area (Å²) in [4.78, 5) is 18.3. The lowest BCUT2D eigenvalue weighted by molar-refractivity contribution is 0.0472. The van der Waals surface area contributed by atoms with E-state index in [9.17, 15) is 9.90 Å². The quantitative estimate of drug-likeness (QED) is 0.911. The molecule has 5 heteroatoms. The second kappa shape index (κ2) is 5.79. The van der Waals surface area contributed by atoms with E-state index in [1.165, 1.54) is 6.42 Å². The Bertz CT molecular complexity index is 488. The number of amides is 1. The number of ether oxygens (including phenoxy) is 1. The number of hydrogen-bond acceptors (Lipinski definition) is 4. The molecule has 0 spiro atoms. The molecule has 5 nitrogen and oxygen atoms in total. The van der Waals surface area contributed by atoms with Crippen molar-refractivity contribution in [2.45, 2.75) is 44.3 Å². The SMILES string of the molecule is O=C(c1ccnc(OC2CCC2)c1)N1CCCC(O)C1. The highest BCUT2D eigenvalue weighted by atomic mass is 16.5. The Labute approximate surface area is 118 Å². The number of β-amino-alcohol motifs (C(OH)–C–C–N with tert-alkyl or cyclic N) is 1. The fourth-order valence-electron chi connectivity index (χ4n) is 2.59. The van der Waals surface area contributed by atoms with E-state index in [0.29, 0.717) is 24.5 Å². The van der Waals surface area contributed by atoms with Gasteiger partial charge in [-0.05, 0) is 38.2 Å². The van der Waals surface area contributed by atoms with Crippen LogP contribution in [0.15, 0.2) is 18.3 Å². The van der Waals surface area contributed by atoms with Crippen LogP contribution in [0.2, 0.25) is 0 Å². The second-order valence-corrected chi connectivity index (χ2v) is 5.60. The van der Waals surface area contributed by atoms with Gasteiger partial charge in [0.05, 0.1) is 6.10 Å². The molecule has 1 amide bonds. The number of likely N-dealkylation sites (tertiary alicyclic amines) is 1. The van der Waals surface area contributed by atoms with Crippen molar-refractivity contribution >= 4 is 5.91 Å². The summed E-state index contributed by atoms with van der Waals surface area (Å²) in [6, 6.07) is 3.42. The van der Waals surface area contributed by atoms with Gasteiger partial charge in [0.15, 0.2) is 0 Å².